The van der Waals surface area contributed by atoms with Gasteiger partial charge in [0.05, 0.1) is 33.9 Å². The molecule has 1 aliphatic heterocycles. The molecule has 0 aliphatic carbocycles. The number of aliphatic hydroxyl groups is 1. The van der Waals surface area contributed by atoms with Gasteiger partial charge in [0.15, 0.2) is 6.29 Å². The van der Waals surface area contributed by atoms with Crippen LogP contribution in [0.2, 0.25) is 5.02 Å². The number of ether oxygens (including phenoxy) is 1. The summed E-state index contributed by atoms with van der Waals surface area (Å²) >= 11 is 6.57. The van der Waals surface area contributed by atoms with Gasteiger partial charge < -0.3 is 20.1 Å². The number of pyridine rings is 1. The zero-order valence-corrected chi connectivity index (χ0v) is 20.5. The average Bonchev–Trinajstić information content (AvgIpc) is 2.78. The van der Waals surface area contributed by atoms with Gasteiger partial charge in [0.2, 0.25) is 0 Å². The number of alkyl carbamates (subject to hydrolysis) is 1. The van der Waals surface area contributed by atoms with E-state index in [1.165, 1.54) is 6.07 Å². The maximum Gasteiger partial charge on any atom is 0.407 e. The minimum absolute atomic E-state index is 0.0205. The summed E-state index contributed by atoms with van der Waals surface area (Å²) in [6.45, 7) is 6.07. The third kappa shape index (κ3) is 5.39. The van der Waals surface area contributed by atoms with Crippen molar-refractivity contribution < 1.29 is 23.8 Å². The molecule has 1 amide bonds. The van der Waals surface area contributed by atoms with Crippen LogP contribution in [0.5, 0.6) is 0 Å². The summed E-state index contributed by atoms with van der Waals surface area (Å²) in [4.78, 5) is 30.0. The van der Waals surface area contributed by atoms with E-state index in [9.17, 15) is 19.1 Å². The molecule has 1 aromatic heterocycles. The Morgan fingerprint density at radius 3 is 2.77 bits per heavy atom. The minimum atomic E-state index is -0.858. The topological polar surface area (TPSA) is 91.8 Å². The Hall–Kier alpha value is -3.23. The smallest absolute Gasteiger partial charge is 0.407 e. The molecule has 2 aromatic carbocycles. The summed E-state index contributed by atoms with van der Waals surface area (Å²) in [5, 5.41) is 14.6. The number of aldehydes is 1. The summed E-state index contributed by atoms with van der Waals surface area (Å²) in [5.74, 6) is -0.593. The van der Waals surface area contributed by atoms with E-state index < -0.39 is 29.7 Å². The lowest BCUT2D eigenvalue weighted by Gasteiger charge is -2.38. The van der Waals surface area contributed by atoms with Gasteiger partial charge >= 0.3 is 6.09 Å². The fourth-order valence-corrected chi connectivity index (χ4v) is 4.58. The minimum Gasteiger partial charge on any atom is -0.444 e. The first kappa shape index (κ1) is 24.9. The molecule has 0 bridgehead atoms. The molecule has 2 heterocycles. The number of aliphatic hydroxyl groups excluding tert-OH is 1. The van der Waals surface area contributed by atoms with E-state index in [-0.39, 0.29) is 12.1 Å². The first-order valence-corrected chi connectivity index (χ1v) is 11.7. The van der Waals surface area contributed by atoms with Crippen LogP contribution in [0.1, 0.15) is 37.6 Å². The van der Waals surface area contributed by atoms with Crippen molar-refractivity contribution in [2.45, 2.75) is 44.9 Å². The summed E-state index contributed by atoms with van der Waals surface area (Å²) in [6.07, 6.45) is 1.09. The second-order valence-corrected chi connectivity index (χ2v) is 9.97. The fraction of sp³-hybridized carbons (Fsp3) is 0.346. The van der Waals surface area contributed by atoms with Gasteiger partial charge in [0, 0.05) is 24.7 Å². The zero-order chi connectivity index (χ0) is 25.3. The lowest BCUT2D eigenvalue weighted by molar-refractivity contribution is 0.0402. The first-order valence-electron chi connectivity index (χ1n) is 11.3. The van der Waals surface area contributed by atoms with Gasteiger partial charge in [-0.05, 0) is 56.5 Å². The lowest BCUT2D eigenvalue weighted by atomic mass is 9.97. The van der Waals surface area contributed by atoms with Gasteiger partial charge in [-0.25, -0.2) is 9.18 Å². The largest absolute Gasteiger partial charge is 0.444 e. The van der Waals surface area contributed by atoms with E-state index in [2.05, 4.69) is 10.3 Å². The van der Waals surface area contributed by atoms with Crippen LogP contribution in [-0.2, 0) is 4.74 Å². The lowest BCUT2D eigenvalue weighted by Crippen LogP contribution is -2.55. The monoisotopic (exact) mass is 499 g/mol. The van der Waals surface area contributed by atoms with Crippen LogP contribution < -0.4 is 10.2 Å². The zero-order valence-electron chi connectivity index (χ0n) is 19.7. The molecule has 0 spiro atoms. The van der Waals surface area contributed by atoms with Crippen LogP contribution in [-0.4, -0.2) is 53.3 Å². The molecule has 9 heteroatoms. The highest BCUT2D eigenvalue weighted by molar-refractivity contribution is 6.34. The Kier molecular flexibility index (Phi) is 6.96. The molecule has 0 saturated carbocycles. The van der Waals surface area contributed by atoms with Crippen molar-refractivity contribution in [3.05, 3.63) is 59.0 Å². The summed E-state index contributed by atoms with van der Waals surface area (Å²) in [6, 6.07) is 9.40. The maximum absolute atomic E-state index is 14.2. The number of halogens is 2. The number of amides is 1. The number of rotatable bonds is 4. The van der Waals surface area contributed by atoms with Crippen LogP contribution in [0.15, 0.2) is 42.6 Å². The van der Waals surface area contributed by atoms with Crippen molar-refractivity contribution in [3.8, 4) is 11.1 Å². The van der Waals surface area contributed by atoms with Crippen molar-refractivity contribution in [2.75, 3.05) is 18.0 Å². The Labute approximate surface area is 207 Å². The van der Waals surface area contributed by atoms with Crippen LogP contribution in [0, 0.1) is 5.82 Å². The number of benzene rings is 2. The Balaban J connectivity index is 1.64. The predicted octanol–water partition coefficient (Wildman–Crippen LogP) is 4.97. The van der Waals surface area contributed by atoms with Gasteiger partial charge in [-0.2, -0.15) is 0 Å². The normalized spacial score (nSPS) is 18.4. The van der Waals surface area contributed by atoms with Gasteiger partial charge in [0.1, 0.15) is 11.4 Å². The van der Waals surface area contributed by atoms with E-state index in [0.29, 0.717) is 52.0 Å². The number of carbonyl (C=O) groups excluding carboxylic acids is 2. The summed E-state index contributed by atoms with van der Waals surface area (Å²) in [7, 11) is 0. The van der Waals surface area contributed by atoms with Gasteiger partial charge in [-0.15, -0.1) is 0 Å². The molecule has 1 saturated heterocycles. The molecular formula is C26H27ClFN3O4. The SMILES string of the molecule is CC(C)(C)OC(=O)NC1CCN(c2c(Cl)cnc3ccc(-c4cccc(F)c4C=O)cc23)CC1O. The molecule has 35 heavy (non-hydrogen) atoms. The Bertz CT molecular complexity index is 1280. The third-order valence-corrected chi connectivity index (χ3v) is 6.15. The standard InChI is InChI=1S/C26H27ClFN3O4/c1-26(2,3)35-25(34)30-22-9-10-31(13-23(22)33)24-17-11-15(7-8-21(17)29-12-19(24)27)16-5-4-6-20(28)18(16)14-32/h4-8,11-12,14,22-23,33H,9-10,13H2,1-3H3,(H,30,34). The molecular weight excluding hydrogens is 473 g/mol. The van der Waals surface area contributed by atoms with E-state index in [4.69, 9.17) is 16.3 Å². The number of β-amino-alcohol motifs (C(OH)–C–C–N with tert-alkyl or cyclic N) is 1. The van der Waals surface area contributed by atoms with Crippen molar-refractivity contribution in [1.29, 1.82) is 0 Å². The number of hydrogen-bond donors (Lipinski definition) is 2. The van der Waals surface area contributed by atoms with Crippen LogP contribution in [0.3, 0.4) is 0 Å². The number of piperidine rings is 1. The highest BCUT2D eigenvalue weighted by atomic mass is 35.5. The number of nitrogens with one attached hydrogen (secondary N) is 1. The molecule has 1 aliphatic rings. The van der Waals surface area contributed by atoms with Gasteiger partial charge in [-0.3, -0.25) is 9.78 Å². The maximum atomic E-state index is 14.2. The summed E-state index contributed by atoms with van der Waals surface area (Å²) in [5.41, 5.74) is 1.80. The third-order valence-electron chi connectivity index (χ3n) is 5.88. The molecule has 1 fully saturated rings. The predicted molar refractivity (Wildman–Crippen MR) is 134 cm³/mol. The Morgan fingerprint density at radius 1 is 1.31 bits per heavy atom. The first-order chi connectivity index (χ1) is 16.6. The molecule has 4 rings (SSSR count). The second-order valence-electron chi connectivity index (χ2n) is 9.56. The van der Waals surface area contributed by atoms with Crippen LogP contribution in [0.4, 0.5) is 14.9 Å². The van der Waals surface area contributed by atoms with E-state index in [0.717, 1.165) is 0 Å². The highest BCUT2D eigenvalue weighted by Gasteiger charge is 2.32. The van der Waals surface area contributed by atoms with E-state index in [1.807, 2.05) is 11.0 Å². The molecule has 2 N–H and O–H groups in total. The van der Waals surface area contributed by atoms with Crippen molar-refractivity contribution in [2.24, 2.45) is 0 Å². The van der Waals surface area contributed by atoms with Crippen molar-refractivity contribution in [3.63, 3.8) is 0 Å². The van der Waals surface area contributed by atoms with Crippen LogP contribution in [0.25, 0.3) is 22.0 Å². The Morgan fingerprint density at radius 2 is 2.09 bits per heavy atom. The summed E-state index contributed by atoms with van der Waals surface area (Å²) < 4.78 is 19.5. The number of anilines is 1. The van der Waals surface area contributed by atoms with Gasteiger partial charge in [0.25, 0.3) is 0 Å². The highest BCUT2D eigenvalue weighted by Crippen LogP contribution is 2.37. The molecule has 184 valence electrons. The quantitative estimate of drug-likeness (QED) is 0.492. The number of fused-ring (bicyclic) bond motifs is 1. The van der Waals surface area contributed by atoms with Gasteiger partial charge in [-0.1, -0.05) is 29.8 Å². The molecule has 2 atom stereocenters. The molecule has 7 nitrogen and oxygen atoms in total. The number of nitrogens with zero attached hydrogens (tertiary/aromatic N) is 2. The number of carbonyl (C=O) groups is 2. The van der Waals surface area contributed by atoms with Crippen LogP contribution >= 0.6 is 11.6 Å². The van der Waals surface area contributed by atoms with E-state index in [1.54, 1.807) is 51.2 Å². The molecule has 2 unspecified atom stereocenters. The molecule has 0 radical (unpaired) electrons. The van der Waals surface area contributed by atoms with Crippen molar-refractivity contribution >= 4 is 40.6 Å². The molecule has 3 aromatic rings. The average molecular weight is 500 g/mol. The second kappa shape index (κ2) is 9.79. The fourth-order valence-electron chi connectivity index (χ4n) is 4.31. The number of hydrogen-bond acceptors (Lipinski definition) is 6. The van der Waals surface area contributed by atoms with E-state index >= 15 is 0 Å². The van der Waals surface area contributed by atoms with Crippen molar-refractivity contribution in [1.82, 2.24) is 10.3 Å². The number of aromatic nitrogens is 1.